The molecule has 1 aliphatic heterocycles. The maximum Gasteiger partial charge on any atom is 0.387 e. The van der Waals surface area contributed by atoms with Crippen molar-refractivity contribution in [1.29, 1.82) is 0 Å². The second-order valence-electron chi connectivity index (χ2n) is 9.19. The number of rotatable bonds is 6. The third-order valence-corrected chi connectivity index (χ3v) is 6.65. The minimum atomic E-state index is -2.94. The van der Waals surface area contributed by atoms with Crippen LogP contribution in [0.1, 0.15) is 12.7 Å². The molecule has 4 heterocycles. The Morgan fingerprint density at radius 3 is 2.66 bits per heavy atom. The quantitative estimate of drug-likeness (QED) is 0.360. The van der Waals surface area contributed by atoms with Crippen LogP contribution in [-0.4, -0.2) is 55.7 Å². The average molecular weight is 518 g/mol. The lowest BCUT2D eigenvalue weighted by atomic mass is 10.0. The molecule has 1 aliphatic rings. The second-order valence-corrected chi connectivity index (χ2v) is 9.19. The highest BCUT2D eigenvalue weighted by atomic mass is 19.3. The molecule has 0 aliphatic carbocycles. The first-order valence-electron chi connectivity index (χ1n) is 12.3. The van der Waals surface area contributed by atoms with Crippen molar-refractivity contribution in [2.24, 2.45) is 0 Å². The van der Waals surface area contributed by atoms with E-state index in [9.17, 15) is 13.6 Å². The normalized spacial score (nSPS) is 13.8. The number of alkyl halides is 2. The van der Waals surface area contributed by atoms with Crippen LogP contribution < -0.4 is 15.6 Å². The monoisotopic (exact) mass is 517 g/mol. The predicted octanol–water partition coefficient (Wildman–Crippen LogP) is 4.28. The zero-order chi connectivity index (χ0) is 26.4. The van der Waals surface area contributed by atoms with E-state index in [0.29, 0.717) is 34.8 Å². The largest absolute Gasteiger partial charge is 0.435 e. The number of benzene rings is 2. The fourth-order valence-electron chi connectivity index (χ4n) is 4.86. The highest BCUT2D eigenvalue weighted by Crippen LogP contribution is 2.28. The molecule has 5 aromatic rings. The van der Waals surface area contributed by atoms with Crippen molar-refractivity contribution >= 4 is 28.0 Å². The van der Waals surface area contributed by atoms with Gasteiger partial charge in [0, 0.05) is 36.8 Å². The maximum absolute atomic E-state index is 14.0. The number of halogens is 2. The topological polar surface area (TPSA) is 90.1 Å². The van der Waals surface area contributed by atoms with Crippen LogP contribution in [0.25, 0.3) is 38.9 Å². The van der Waals surface area contributed by atoms with E-state index in [1.807, 2.05) is 25.1 Å². The van der Waals surface area contributed by atoms with Crippen LogP contribution in [-0.2, 0) is 13.1 Å². The zero-order valence-corrected chi connectivity index (χ0v) is 20.9. The number of likely N-dealkylation sites (N-methyl/N-ethyl adjacent to an activating group) is 1. The van der Waals surface area contributed by atoms with E-state index in [0.717, 1.165) is 42.1 Å². The van der Waals surface area contributed by atoms with Gasteiger partial charge in [-0.2, -0.15) is 13.8 Å². The smallest absolute Gasteiger partial charge is 0.387 e. The molecule has 0 atom stereocenters. The van der Waals surface area contributed by atoms with Gasteiger partial charge in [-0.15, -0.1) is 0 Å². The number of fused-ring (bicyclic) bond motifs is 4. The van der Waals surface area contributed by atoms with Crippen molar-refractivity contribution in [3.8, 4) is 22.6 Å². The number of anilines is 1. The molecule has 0 radical (unpaired) electrons. The van der Waals surface area contributed by atoms with Crippen LogP contribution in [0.15, 0.2) is 59.5 Å². The molecule has 0 unspecified atom stereocenters. The highest BCUT2D eigenvalue weighted by Gasteiger charge is 2.20. The molecule has 0 amide bonds. The van der Waals surface area contributed by atoms with E-state index in [-0.39, 0.29) is 11.3 Å². The predicted molar refractivity (Wildman–Crippen MR) is 141 cm³/mol. The highest BCUT2D eigenvalue weighted by molar-refractivity contribution is 5.87. The van der Waals surface area contributed by atoms with Crippen LogP contribution in [0, 0.1) is 0 Å². The molecule has 1 N–H and O–H groups in total. The SMILES string of the molecule is CCNc1ncc2cc(-c3ccc4nc5n(c4c3)CCN(C)C5)c(=O)n(-c3ccc(OC(F)F)cc3)c2n1. The number of ether oxygens (including phenoxy) is 1. The van der Waals surface area contributed by atoms with Crippen LogP contribution in [0.3, 0.4) is 0 Å². The Kier molecular flexibility index (Phi) is 5.99. The van der Waals surface area contributed by atoms with Gasteiger partial charge in [-0.05, 0) is 62.0 Å². The van der Waals surface area contributed by atoms with Crippen LogP contribution in [0.4, 0.5) is 14.7 Å². The Balaban J connectivity index is 1.54. The van der Waals surface area contributed by atoms with E-state index < -0.39 is 6.61 Å². The average Bonchev–Trinajstić information content (AvgIpc) is 3.25. The Morgan fingerprint density at radius 1 is 1.08 bits per heavy atom. The van der Waals surface area contributed by atoms with Gasteiger partial charge >= 0.3 is 6.61 Å². The fraction of sp³-hybridized carbons (Fsp3) is 0.259. The Hall–Kier alpha value is -4.38. The molecule has 194 valence electrons. The van der Waals surface area contributed by atoms with E-state index in [4.69, 9.17) is 4.98 Å². The fourth-order valence-corrected chi connectivity index (χ4v) is 4.86. The molecule has 0 spiro atoms. The summed E-state index contributed by atoms with van der Waals surface area (Å²) in [5, 5.41) is 3.73. The lowest BCUT2D eigenvalue weighted by Crippen LogP contribution is -2.30. The lowest BCUT2D eigenvalue weighted by Gasteiger charge is -2.23. The van der Waals surface area contributed by atoms with E-state index in [2.05, 4.69) is 36.5 Å². The molecular formula is C27H25F2N7O2. The van der Waals surface area contributed by atoms with Gasteiger partial charge in [0.2, 0.25) is 5.95 Å². The van der Waals surface area contributed by atoms with E-state index >= 15 is 0 Å². The van der Waals surface area contributed by atoms with E-state index in [1.54, 1.807) is 24.4 Å². The minimum absolute atomic E-state index is 0.00169. The van der Waals surface area contributed by atoms with Gasteiger partial charge in [-0.1, -0.05) is 6.07 Å². The van der Waals surface area contributed by atoms with Gasteiger partial charge in [-0.3, -0.25) is 14.3 Å². The Bertz CT molecular complexity index is 1710. The summed E-state index contributed by atoms with van der Waals surface area (Å²) in [6, 6.07) is 13.5. The van der Waals surface area contributed by atoms with Crippen molar-refractivity contribution in [3.05, 3.63) is 70.9 Å². The molecule has 3 aromatic heterocycles. The Labute approximate surface area is 216 Å². The second kappa shape index (κ2) is 9.49. The molecule has 2 aromatic carbocycles. The first-order valence-corrected chi connectivity index (χ1v) is 12.3. The Morgan fingerprint density at radius 2 is 1.89 bits per heavy atom. The molecule has 6 rings (SSSR count). The summed E-state index contributed by atoms with van der Waals surface area (Å²) in [5.74, 6) is 1.38. The molecule has 0 saturated carbocycles. The van der Waals surface area contributed by atoms with Crippen molar-refractivity contribution in [3.63, 3.8) is 0 Å². The summed E-state index contributed by atoms with van der Waals surface area (Å²) >= 11 is 0. The number of imidazole rings is 1. The van der Waals surface area contributed by atoms with Gasteiger partial charge < -0.3 is 14.6 Å². The van der Waals surface area contributed by atoms with Crippen LogP contribution in [0.2, 0.25) is 0 Å². The number of nitrogens with one attached hydrogen (secondary N) is 1. The summed E-state index contributed by atoms with van der Waals surface area (Å²) < 4.78 is 33.5. The third-order valence-electron chi connectivity index (χ3n) is 6.65. The van der Waals surface area contributed by atoms with Gasteiger partial charge in [0.25, 0.3) is 5.56 Å². The zero-order valence-electron chi connectivity index (χ0n) is 20.9. The molecule has 9 nitrogen and oxygen atoms in total. The molecule has 0 bridgehead atoms. The number of hydrogen-bond acceptors (Lipinski definition) is 7. The van der Waals surface area contributed by atoms with Gasteiger partial charge in [0.05, 0.1) is 23.3 Å². The maximum atomic E-state index is 14.0. The first-order chi connectivity index (χ1) is 18.4. The number of hydrogen-bond donors (Lipinski definition) is 1. The summed E-state index contributed by atoms with van der Waals surface area (Å²) in [6.45, 7) is 2.11. The van der Waals surface area contributed by atoms with Crippen molar-refractivity contribution < 1.29 is 13.5 Å². The summed E-state index contributed by atoms with van der Waals surface area (Å²) in [5.41, 5.74) is 3.65. The molecule has 38 heavy (non-hydrogen) atoms. The number of aromatic nitrogens is 5. The summed E-state index contributed by atoms with van der Waals surface area (Å²) in [4.78, 5) is 30.0. The lowest BCUT2D eigenvalue weighted by molar-refractivity contribution is -0.0498. The standard InChI is InChI=1S/C27H25F2N7O2/c1-3-30-27-31-14-17-12-20(16-4-9-21-22(13-16)35-11-10-34(2)15-23(35)32-21)25(37)36(24(17)33-27)18-5-7-19(8-6-18)38-26(28)29/h4-9,12-14,26H,3,10-11,15H2,1-2H3,(H,30,31,33). The van der Waals surface area contributed by atoms with Gasteiger partial charge in [0.1, 0.15) is 11.6 Å². The van der Waals surface area contributed by atoms with Crippen LogP contribution >= 0.6 is 0 Å². The molecule has 0 fully saturated rings. The van der Waals surface area contributed by atoms with E-state index in [1.165, 1.54) is 16.7 Å². The molecule has 0 saturated heterocycles. The number of pyridine rings is 1. The summed E-state index contributed by atoms with van der Waals surface area (Å²) in [7, 11) is 2.07. The third kappa shape index (κ3) is 4.24. The van der Waals surface area contributed by atoms with Crippen molar-refractivity contribution in [2.75, 3.05) is 25.5 Å². The van der Waals surface area contributed by atoms with Crippen LogP contribution in [0.5, 0.6) is 5.75 Å². The number of nitrogens with zero attached hydrogens (tertiary/aromatic N) is 6. The van der Waals surface area contributed by atoms with Gasteiger partial charge in [0.15, 0.2) is 5.65 Å². The molecule has 11 heteroatoms. The van der Waals surface area contributed by atoms with Crippen molar-refractivity contribution in [1.82, 2.24) is 29.0 Å². The summed E-state index contributed by atoms with van der Waals surface area (Å²) in [6.07, 6.45) is 1.67. The van der Waals surface area contributed by atoms with Crippen molar-refractivity contribution in [2.45, 2.75) is 26.6 Å². The van der Waals surface area contributed by atoms with Gasteiger partial charge in [-0.25, -0.2) is 9.97 Å². The first kappa shape index (κ1) is 24.0. The minimum Gasteiger partial charge on any atom is -0.435 e. The molecular weight excluding hydrogens is 492 g/mol.